The number of anilines is 1. The zero-order valence-corrected chi connectivity index (χ0v) is 17.1. The van der Waals surface area contributed by atoms with Gasteiger partial charge in [0.15, 0.2) is 0 Å². The van der Waals surface area contributed by atoms with E-state index in [0.29, 0.717) is 20.9 Å². The molecule has 0 aromatic heterocycles. The molecule has 27 heavy (non-hydrogen) atoms. The highest BCUT2D eigenvalue weighted by Gasteiger charge is 2.31. The maximum Gasteiger partial charge on any atom is 0.124 e. The van der Waals surface area contributed by atoms with E-state index < -0.39 is 0 Å². The van der Waals surface area contributed by atoms with Crippen molar-refractivity contribution in [3.05, 3.63) is 98.2 Å². The van der Waals surface area contributed by atoms with Crippen LogP contribution in [0.3, 0.4) is 0 Å². The van der Waals surface area contributed by atoms with Gasteiger partial charge in [-0.25, -0.2) is 4.39 Å². The van der Waals surface area contributed by atoms with Gasteiger partial charge in [-0.1, -0.05) is 47.5 Å². The van der Waals surface area contributed by atoms with Gasteiger partial charge in [-0.2, -0.15) is 5.10 Å². The molecule has 1 unspecified atom stereocenters. The molecule has 0 radical (unpaired) electrons. The van der Waals surface area contributed by atoms with E-state index in [9.17, 15) is 4.39 Å². The van der Waals surface area contributed by atoms with Crippen molar-refractivity contribution in [2.75, 3.05) is 5.01 Å². The highest BCUT2D eigenvalue weighted by molar-refractivity contribution is 9.10. The summed E-state index contributed by atoms with van der Waals surface area (Å²) in [6.07, 6.45) is 0.715. The third-order valence-corrected chi connectivity index (χ3v) is 5.64. The van der Waals surface area contributed by atoms with Crippen LogP contribution in [-0.4, -0.2) is 5.71 Å². The van der Waals surface area contributed by atoms with Gasteiger partial charge in [0.05, 0.1) is 17.4 Å². The zero-order valence-electron chi connectivity index (χ0n) is 14.0. The van der Waals surface area contributed by atoms with Gasteiger partial charge in [-0.3, -0.25) is 5.01 Å². The lowest BCUT2D eigenvalue weighted by Crippen LogP contribution is -2.19. The first kappa shape index (κ1) is 18.5. The molecular weight excluding hydrogens is 450 g/mol. The first-order chi connectivity index (χ1) is 13.0. The molecule has 136 valence electrons. The van der Waals surface area contributed by atoms with Crippen LogP contribution in [0.4, 0.5) is 10.1 Å². The Hall–Kier alpha value is -1.88. The van der Waals surface area contributed by atoms with E-state index in [1.165, 1.54) is 12.1 Å². The van der Waals surface area contributed by atoms with Crippen LogP contribution in [0, 0.1) is 5.82 Å². The minimum atomic E-state index is -0.297. The van der Waals surface area contributed by atoms with Crippen LogP contribution in [0.15, 0.2) is 76.3 Å². The maximum atomic E-state index is 13.6. The van der Waals surface area contributed by atoms with Gasteiger partial charge in [0.2, 0.25) is 0 Å². The van der Waals surface area contributed by atoms with Gasteiger partial charge >= 0.3 is 0 Å². The Morgan fingerprint density at radius 1 is 0.926 bits per heavy atom. The molecule has 6 heteroatoms. The molecule has 0 aliphatic carbocycles. The van der Waals surface area contributed by atoms with E-state index in [0.717, 1.165) is 22.5 Å². The van der Waals surface area contributed by atoms with Crippen molar-refractivity contribution >= 4 is 50.5 Å². The Kier molecular flexibility index (Phi) is 5.22. The van der Waals surface area contributed by atoms with Gasteiger partial charge in [-0.15, -0.1) is 0 Å². The van der Waals surface area contributed by atoms with Gasteiger partial charge in [-0.05, 0) is 69.5 Å². The maximum absolute atomic E-state index is 13.6. The van der Waals surface area contributed by atoms with E-state index in [1.807, 2.05) is 53.5 Å². The summed E-state index contributed by atoms with van der Waals surface area (Å²) in [5, 5.41) is 8.15. The monoisotopic (exact) mass is 462 g/mol. The van der Waals surface area contributed by atoms with Crippen LogP contribution in [0.1, 0.15) is 23.6 Å². The molecule has 0 saturated heterocycles. The third-order valence-electron chi connectivity index (χ3n) is 4.50. The quantitative estimate of drug-likeness (QED) is 0.399. The molecule has 0 N–H and O–H groups in total. The molecule has 0 amide bonds. The molecule has 0 saturated carbocycles. The largest absolute Gasteiger partial charge is 0.256 e. The zero-order chi connectivity index (χ0) is 19.0. The normalized spacial score (nSPS) is 16.5. The SMILES string of the molecule is Fc1ccc(N2N=C(c3ccc(Cl)cc3)CC2c2ccc(Cl)cc2)c(Br)c1. The molecule has 2 nitrogen and oxygen atoms in total. The molecule has 1 aliphatic rings. The number of rotatable bonds is 3. The Bertz CT molecular complexity index is 1000. The fraction of sp³-hybridized carbons (Fsp3) is 0.0952. The first-order valence-electron chi connectivity index (χ1n) is 8.34. The molecule has 4 rings (SSSR count). The topological polar surface area (TPSA) is 15.6 Å². The Labute approximate surface area is 175 Å². The van der Waals surface area contributed by atoms with Gasteiger partial charge in [0.1, 0.15) is 5.82 Å². The first-order valence-corrected chi connectivity index (χ1v) is 9.89. The van der Waals surface area contributed by atoms with E-state index in [2.05, 4.69) is 15.9 Å². The predicted molar refractivity (Wildman–Crippen MR) is 113 cm³/mol. The standard InChI is InChI=1S/C21H14BrCl2FN2/c22-18-11-17(25)9-10-20(18)27-21(14-3-7-16(24)8-4-14)12-19(26-27)13-1-5-15(23)6-2-13/h1-11,21H,12H2. The number of nitrogens with zero attached hydrogens (tertiary/aromatic N) is 2. The Balaban J connectivity index is 1.78. The fourth-order valence-corrected chi connectivity index (χ4v) is 3.95. The summed E-state index contributed by atoms with van der Waals surface area (Å²) in [7, 11) is 0. The molecule has 3 aromatic carbocycles. The molecule has 0 bridgehead atoms. The minimum absolute atomic E-state index is 0.0188. The number of hydrogen-bond acceptors (Lipinski definition) is 2. The summed E-state index contributed by atoms with van der Waals surface area (Å²) in [5.41, 5.74) is 3.85. The van der Waals surface area contributed by atoms with Crippen molar-refractivity contribution in [1.29, 1.82) is 0 Å². The van der Waals surface area contributed by atoms with Crippen LogP contribution in [0.5, 0.6) is 0 Å². The molecule has 1 heterocycles. The Morgan fingerprint density at radius 3 is 2.19 bits per heavy atom. The summed E-state index contributed by atoms with van der Waals surface area (Å²) in [6, 6.07) is 20.0. The van der Waals surface area contributed by atoms with E-state index >= 15 is 0 Å². The summed E-state index contributed by atoms with van der Waals surface area (Å²) in [6.45, 7) is 0. The summed E-state index contributed by atoms with van der Waals surface area (Å²) < 4.78 is 14.2. The van der Waals surface area contributed by atoms with Crippen LogP contribution in [0.25, 0.3) is 0 Å². The van der Waals surface area contributed by atoms with E-state index in [4.69, 9.17) is 28.3 Å². The number of hydrazone groups is 1. The van der Waals surface area contributed by atoms with Crippen molar-refractivity contribution in [3.63, 3.8) is 0 Å². The summed E-state index contributed by atoms with van der Waals surface area (Å²) in [4.78, 5) is 0. The van der Waals surface area contributed by atoms with Crippen LogP contribution in [-0.2, 0) is 0 Å². The lowest BCUT2D eigenvalue weighted by atomic mass is 9.98. The van der Waals surface area contributed by atoms with Crippen molar-refractivity contribution in [3.8, 4) is 0 Å². The van der Waals surface area contributed by atoms with E-state index in [1.54, 1.807) is 6.07 Å². The molecule has 1 atom stereocenters. The van der Waals surface area contributed by atoms with Crippen molar-refractivity contribution in [2.24, 2.45) is 5.10 Å². The van der Waals surface area contributed by atoms with Gasteiger partial charge in [0.25, 0.3) is 0 Å². The highest BCUT2D eigenvalue weighted by Crippen LogP contribution is 2.40. The molecule has 1 aliphatic heterocycles. The molecule has 3 aromatic rings. The molecule has 0 fully saturated rings. The van der Waals surface area contributed by atoms with Crippen LogP contribution >= 0.6 is 39.1 Å². The number of benzene rings is 3. The second-order valence-corrected chi connectivity index (χ2v) is 7.99. The number of hydrogen-bond donors (Lipinski definition) is 0. The Morgan fingerprint density at radius 2 is 1.56 bits per heavy atom. The van der Waals surface area contributed by atoms with Crippen molar-refractivity contribution in [1.82, 2.24) is 0 Å². The average molecular weight is 464 g/mol. The predicted octanol–water partition coefficient (Wildman–Crippen LogP) is 7.25. The van der Waals surface area contributed by atoms with Crippen LogP contribution in [0.2, 0.25) is 10.0 Å². The lowest BCUT2D eigenvalue weighted by molar-refractivity contribution is 0.625. The van der Waals surface area contributed by atoms with Gasteiger partial charge in [0, 0.05) is 20.9 Å². The van der Waals surface area contributed by atoms with Crippen molar-refractivity contribution < 1.29 is 4.39 Å². The van der Waals surface area contributed by atoms with Crippen LogP contribution < -0.4 is 5.01 Å². The van der Waals surface area contributed by atoms with E-state index in [-0.39, 0.29) is 11.9 Å². The highest BCUT2D eigenvalue weighted by atomic mass is 79.9. The second-order valence-electron chi connectivity index (χ2n) is 6.27. The lowest BCUT2D eigenvalue weighted by Gasteiger charge is -2.25. The average Bonchev–Trinajstić information content (AvgIpc) is 3.08. The second kappa shape index (κ2) is 7.63. The molecule has 0 spiro atoms. The minimum Gasteiger partial charge on any atom is -0.256 e. The smallest absolute Gasteiger partial charge is 0.124 e. The molecular formula is C21H14BrCl2FN2. The third kappa shape index (κ3) is 3.88. The van der Waals surface area contributed by atoms with Gasteiger partial charge < -0.3 is 0 Å². The fourth-order valence-electron chi connectivity index (χ4n) is 3.16. The summed E-state index contributed by atoms with van der Waals surface area (Å²) >= 11 is 15.5. The summed E-state index contributed by atoms with van der Waals surface area (Å²) in [5.74, 6) is -0.297. The number of halogens is 4. The van der Waals surface area contributed by atoms with Crippen molar-refractivity contribution in [2.45, 2.75) is 12.5 Å².